The Morgan fingerprint density at radius 1 is 0.893 bits per heavy atom. The van der Waals surface area contributed by atoms with E-state index in [1.165, 1.54) is 5.56 Å². The van der Waals surface area contributed by atoms with E-state index in [4.69, 9.17) is 0 Å². The number of rotatable bonds is 2. The molecule has 3 aromatic rings. The van der Waals surface area contributed by atoms with Gasteiger partial charge in [-0.1, -0.05) is 73.1 Å². The second-order valence-corrected chi connectivity index (χ2v) is 9.03. The lowest BCUT2D eigenvalue weighted by Crippen LogP contribution is -2.43. The highest BCUT2D eigenvalue weighted by atomic mass is 79.9. The third kappa shape index (κ3) is 3.45. The molecule has 142 valence electrons. The Morgan fingerprint density at radius 2 is 1.54 bits per heavy atom. The van der Waals surface area contributed by atoms with Crippen molar-refractivity contribution >= 4 is 33.2 Å². The zero-order valence-corrected chi connectivity index (χ0v) is 17.8. The fraction of sp³-hybridized carbons (Fsp3) is 0.208. The molecule has 1 aliphatic rings. The van der Waals surface area contributed by atoms with Gasteiger partial charge < -0.3 is 5.32 Å². The molecular formula is C24H23BrN2O. The summed E-state index contributed by atoms with van der Waals surface area (Å²) in [4.78, 5) is 15.2. The van der Waals surface area contributed by atoms with Crippen molar-refractivity contribution in [2.45, 2.75) is 32.4 Å². The number of hydrogen-bond donors (Lipinski definition) is 1. The molecule has 0 fully saturated rings. The molecule has 0 aliphatic carbocycles. The first-order valence-electron chi connectivity index (χ1n) is 9.40. The number of benzene rings is 3. The van der Waals surface area contributed by atoms with Crippen LogP contribution in [0.5, 0.6) is 0 Å². The quantitative estimate of drug-likeness (QED) is 0.497. The average molecular weight is 435 g/mol. The lowest BCUT2D eigenvalue weighted by Gasteiger charge is -2.38. The van der Waals surface area contributed by atoms with Crippen molar-refractivity contribution in [3.8, 4) is 0 Å². The van der Waals surface area contributed by atoms with Gasteiger partial charge in [0.2, 0.25) is 0 Å². The van der Waals surface area contributed by atoms with Crippen LogP contribution in [0.1, 0.15) is 48.4 Å². The zero-order valence-electron chi connectivity index (χ0n) is 16.2. The maximum Gasteiger partial charge on any atom is 0.262 e. The van der Waals surface area contributed by atoms with Crippen LogP contribution in [0.4, 0.5) is 11.4 Å². The van der Waals surface area contributed by atoms with E-state index in [0.717, 1.165) is 21.4 Å². The standard InChI is InChI=1S/C24H23BrN2O/c1-24(2,3)17-10-8-16(9-11-17)22-26-21-7-5-4-6-20(21)23(28)27(22)19-14-12-18(25)13-15-19/h4-15,22,26H,1-3H3/t22-/m0/s1. The lowest BCUT2D eigenvalue weighted by atomic mass is 9.86. The van der Waals surface area contributed by atoms with E-state index in [0.29, 0.717) is 5.56 Å². The smallest absolute Gasteiger partial charge is 0.262 e. The predicted octanol–water partition coefficient (Wildman–Crippen LogP) is 6.52. The highest BCUT2D eigenvalue weighted by Crippen LogP contribution is 2.37. The lowest BCUT2D eigenvalue weighted by molar-refractivity contribution is 0.0975. The monoisotopic (exact) mass is 434 g/mol. The van der Waals surface area contributed by atoms with Gasteiger partial charge in [0.15, 0.2) is 0 Å². The number of amides is 1. The predicted molar refractivity (Wildman–Crippen MR) is 119 cm³/mol. The van der Waals surface area contributed by atoms with Gasteiger partial charge in [0.25, 0.3) is 5.91 Å². The van der Waals surface area contributed by atoms with Crippen LogP contribution in [0.2, 0.25) is 0 Å². The number of halogens is 1. The van der Waals surface area contributed by atoms with E-state index in [1.54, 1.807) is 0 Å². The summed E-state index contributed by atoms with van der Waals surface area (Å²) in [6.45, 7) is 6.61. The number of hydrogen-bond acceptors (Lipinski definition) is 2. The van der Waals surface area contributed by atoms with E-state index < -0.39 is 0 Å². The molecule has 1 heterocycles. The summed E-state index contributed by atoms with van der Waals surface area (Å²) in [5, 5.41) is 3.56. The SMILES string of the molecule is CC(C)(C)c1ccc([C@H]2Nc3ccccc3C(=O)N2c2ccc(Br)cc2)cc1. The molecule has 0 bridgehead atoms. The Bertz CT molecular complexity index is 1000. The Kier molecular flexibility index (Phi) is 4.76. The number of carbonyl (C=O) groups excluding carboxylic acids is 1. The fourth-order valence-electron chi connectivity index (χ4n) is 3.52. The van der Waals surface area contributed by atoms with Crippen molar-refractivity contribution in [3.05, 3.63) is 94.0 Å². The Balaban J connectivity index is 1.80. The molecule has 0 saturated heterocycles. The molecule has 1 aliphatic heterocycles. The first kappa shape index (κ1) is 18.8. The Hall–Kier alpha value is -2.59. The number of nitrogens with one attached hydrogen (secondary N) is 1. The van der Waals surface area contributed by atoms with Crippen LogP contribution in [-0.4, -0.2) is 5.91 Å². The molecule has 1 N–H and O–H groups in total. The summed E-state index contributed by atoms with van der Waals surface area (Å²) in [6.07, 6.45) is -0.266. The second-order valence-electron chi connectivity index (χ2n) is 8.12. The van der Waals surface area contributed by atoms with E-state index in [9.17, 15) is 4.79 Å². The molecule has 4 heteroatoms. The van der Waals surface area contributed by atoms with Crippen LogP contribution >= 0.6 is 15.9 Å². The molecule has 0 aromatic heterocycles. The van der Waals surface area contributed by atoms with E-state index in [2.05, 4.69) is 66.3 Å². The minimum absolute atomic E-state index is 0.00145. The molecule has 3 nitrogen and oxygen atoms in total. The molecule has 28 heavy (non-hydrogen) atoms. The molecule has 0 unspecified atom stereocenters. The molecule has 0 spiro atoms. The third-order valence-electron chi connectivity index (χ3n) is 5.12. The number of anilines is 2. The number of nitrogens with zero attached hydrogens (tertiary/aromatic N) is 1. The summed E-state index contributed by atoms with van der Waals surface area (Å²) >= 11 is 3.48. The van der Waals surface area contributed by atoms with Gasteiger partial charge in [0, 0.05) is 15.8 Å². The topological polar surface area (TPSA) is 32.3 Å². The number of carbonyl (C=O) groups is 1. The largest absolute Gasteiger partial charge is 0.360 e. The van der Waals surface area contributed by atoms with E-state index in [-0.39, 0.29) is 17.5 Å². The maximum absolute atomic E-state index is 13.4. The Morgan fingerprint density at radius 3 is 2.18 bits per heavy atom. The normalized spacial score (nSPS) is 16.5. The first-order valence-corrected chi connectivity index (χ1v) is 10.2. The highest BCUT2D eigenvalue weighted by Gasteiger charge is 2.34. The zero-order chi connectivity index (χ0) is 19.9. The number of para-hydroxylation sites is 1. The third-order valence-corrected chi connectivity index (χ3v) is 5.65. The van der Waals surface area contributed by atoms with Crippen molar-refractivity contribution < 1.29 is 4.79 Å². The molecule has 4 rings (SSSR count). The summed E-state index contributed by atoms with van der Waals surface area (Å²) < 4.78 is 0.986. The molecule has 0 radical (unpaired) electrons. The maximum atomic E-state index is 13.4. The van der Waals surface area contributed by atoms with Crippen LogP contribution in [-0.2, 0) is 5.41 Å². The molecule has 0 saturated carbocycles. The molecule has 3 aromatic carbocycles. The van der Waals surface area contributed by atoms with Gasteiger partial charge in [-0.15, -0.1) is 0 Å². The number of fused-ring (bicyclic) bond motifs is 1. The van der Waals surface area contributed by atoms with Gasteiger partial charge >= 0.3 is 0 Å². The molecule has 1 atom stereocenters. The van der Waals surface area contributed by atoms with Gasteiger partial charge in [0.05, 0.1) is 5.56 Å². The second kappa shape index (κ2) is 7.10. The molecular weight excluding hydrogens is 412 g/mol. The highest BCUT2D eigenvalue weighted by molar-refractivity contribution is 9.10. The van der Waals surface area contributed by atoms with Crippen molar-refractivity contribution in [2.75, 3.05) is 10.2 Å². The van der Waals surface area contributed by atoms with Crippen LogP contribution < -0.4 is 10.2 Å². The van der Waals surface area contributed by atoms with E-state index >= 15 is 0 Å². The van der Waals surface area contributed by atoms with Gasteiger partial charge in [-0.2, -0.15) is 0 Å². The van der Waals surface area contributed by atoms with Gasteiger partial charge in [-0.25, -0.2) is 0 Å². The van der Waals surface area contributed by atoms with E-state index in [1.807, 2.05) is 53.4 Å². The fourth-order valence-corrected chi connectivity index (χ4v) is 3.78. The molecule has 1 amide bonds. The summed E-state index contributed by atoms with van der Waals surface area (Å²) in [6, 6.07) is 24.1. The summed E-state index contributed by atoms with van der Waals surface area (Å²) in [7, 11) is 0. The van der Waals surface area contributed by atoms with Crippen LogP contribution in [0.3, 0.4) is 0 Å². The first-order chi connectivity index (χ1) is 13.3. The van der Waals surface area contributed by atoms with Crippen LogP contribution in [0, 0.1) is 0 Å². The minimum Gasteiger partial charge on any atom is -0.360 e. The Labute approximate surface area is 174 Å². The van der Waals surface area contributed by atoms with Crippen molar-refractivity contribution in [2.24, 2.45) is 0 Å². The average Bonchev–Trinajstić information content (AvgIpc) is 2.68. The van der Waals surface area contributed by atoms with Crippen LogP contribution in [0.15, 0.2) is 77.3 Å². The summed E-state index contributed by atoms with van der Waals surface area (Å²) in [5.74, 6) is 0.00145. The van der Waals surface area contributed by atoms with Crippen molar-refractivity contribution in [1.82, 2.24) is 0 Å². The van der Waals surface area contributed by atoms with Crippen LogP contribution in [0.25, 0.3) is 0 Å². The van der Waals surface area contributed by atoms with Gasteiger partial charge in [0.1, 0.15) is 6.17 Å². The van der Waals surface area contributed by atoms with Gasteiger partial charge in [-0.3, -0.25) is 9.69 Å². The minimum atomic E-state index is -0.266. The van der Waals surface area contributed by atoms with Crippen molar-refractivity contribution in [1.29, 1.82) is 0 Å². The summed E-state index contributed by atoms with van der Waals surface area (Å²) in [5.41, 5.74) is 4.83. The van der Waals surface area contributed by atoms with Gasteiger partial charge in [-0.05, 0) is 52.9 Å². The van der Waals surface area contributed by atoms with Crippen molar-refractivity contribution in [3.63, 3.8) is 0 Å².